The lowest BCUT2D eigenvalue weighted by Crippen LogP contribution is -2.60. The summed E-state index contributed by atoms with van der Waals surface area (Å²) < 4.78 is 0. The van der Waals surface area contributed by atoms with Crippen LogP contribution in [-0.2, 0) is 4.79 Å². The Bertz CT molecular complexity index is 703. The van der Waals surface area contributed by atoms with E-state index in [2.05, 4.69) is 20.3 Å². The van der Waals surface area contributed by atoms with Crippen LogP contribution in [0.2, 0.25) is 0 Å². The molecule has 0 unspecified atom stereocenters. The van der Waals surface area contributed by atoms with E-state index in [0.29, 0.717) is 42.5 Å². The fourth-order valence-corrected chi connectivity index (χ4v) is 3.49. The molecule has 23 heavy (non-hydrogen) atoms. The first-order valence-electron chi connectivity index (χ1n) is 7.29. The molecule has 0 atom stereocenters. The zero-order valence-electron chi connectivity index (χ0n) is 12.7. The number of H-pyrrole nitrogens is 1. The van der Waals surface area contributed by atoms with Gasteiger partial charge in [-0.1, -0.05) is 0 Å². The number of nitrogens with one attached hydrogen (secondary N) is 2. The van der Waals surface area contributed by atoms with Gasteiger partial charge in [-0.3, -0.25) is 9.59 Å². The third kappa shape index (κ3) is 2.84. The van der Waals surface area contributed by atoms with Gasteiger partial charge in [0.15, 0.2) is 10.8 Å². The lowest BCUT2D eigenvalue weighted by Gasteiger charge is -2.39. The zero-order chi connectivity index (χ0) is 16.4. The van der Waals surface area contributed by atoms with Gasteiger partial charge >= 0.3 is 0 Å². The first-order valence-corrected chi connectivity index (χ1v) is 8.17. The van der Waals surface area contributed by atoms with E-state index in [0.717, 1.165) is 0 Å². The SMILES string of the molecule is CNC1(C(N)=O)CCN(C(=O)c2csc(-c3ncc[nH]3)n2)CC1. The summed E-state index contributed by atoms with van der Waals surface area (Å²) >= 11 is 1.37. The average Bonchev–Trinajstić information content (AvgIpc) is 3.25. The van der Waals surface area contributed by atoms with Gasteiger partial charge in [0.2, 0.25) is 5.91 Å². The van der Waals surface area contributed by atoms with Crippen molar-refractivity contribution in [1.82, 2.24) is 25.2 Å². The van der Waals surface area contributed by atoms with Crippen LogP contribution in [0.5, 0.6) is 0 Å². The number of piperidine rings is 1. The highest BCUT2D eigenvalue weighted by molar-refractivity contribution is 7.13. The number of likely N-dealkylation sites (tertiary alicyclic amines) is 1. The third-order valence-electron chi connectivity index (χ3n) is 4.28. The maximum Gasteiger partial charge on any atom is 0.273 e. The Morgan fingerprint density at radius 1 is 1.43 bits per heavy atom. The number of rotatable bonds is 4. The molecule has 0 aromatic carbocycles. The number of aromatic amines is 1. The van der Waals surface area contributed by atoms with Crippen LogP contribution < -0.4 is 11.1 Å². The molecule has 4 N–H and O–H groups in total. The summed E-state index contributed by atoms with van der Waals surface area (Å²) in [6.45, 7) is 0.937. The Morgan fingerprint density at radius 3 is 2.74 bits per heavy atom. The molecule has 1 aliphatic heterocycles. The number of primary amides is 1. The minimum Gasteiger partial charge on any atom is -0.368 e. The predicted octanol–water partition coefficient (Wildman–Crippen LogP) is 0.213. The van der Waals surface area contributed by atoms with Crippen LogP contribution in [0.3, 0.4) is 0 Å². The van der Waals surface area contributed by atoms with E-state index in [9.17, 15) is 9.59 Å². The van der Waals surface area contributed by atoms with Crippen molar-refractivity contribution < 1.29 is 9.59 Å². The largest absolute Gasteiger partial charge is 0.368 e. The lowest BCUT2D eigenvalue weighted by atomic mass is 9.87. The van der Waals surface area contributed by atoms with Gasteiger partial charge in [-0.2, -0.15) is 0 Å². The summed E-state index contributed by atoms with van der Waals surface area (Å²) in [7, 11) is 1.72. The molecule has 9 heteroatoms. The molecule has 8 nitrogen and oxygen atoms in total. The van der Waals surface area contributed by atoms with Crippen LogP contribution in [0.15, 0.2) is 17.8 Å². The summed E-state index contributed by atoms with van der Waals surface area (Å²) in [6, 6.07) is 0. The van der Waals surface area contributed by atoms with Crippen molar-refractivity contribution in [1.29, 1.82) is 0 Å². The third-order valence-corrected chi connectivity index (χ3v) is 5.13. The van der Waals surface area contributed by atoms with E-state index in [1.807, 2.05) is 0 Å². The molecule has 0 spiro atoms. The number of amides is 2. The molecule has 2 aromatic rings. The predicted molar refractivity (Wildman–Crippen MR) is 85.8 cm³/mol. The van der Waals surface area contributed by atoms with Crippen LogP contribution in [0.1, 0.15) is 23.3 Å². The molecule has 0 bridgehead atoms. The molecule has 3 heterocycles. The minimum absolute atomic E-state index is 0.131. The van der Waals surface area contributed by atoms with E-state index in [-0.39, 0.29) is 11.8 Å². The van der Waals surface area contributed by atoms with Crippen molar-refractivity contribution >= 4 is 23.2 Å². The maximum absolute atomic E-state index is 12.6. The number of carbonyl (C=O) groups excluding carboxylic acids is 2. The molecular formula is C14H18N6O2S. The number of thiazole rings is 1. The van der Waals surface area contributed by atoms with Gasteiger partial charge < -0.3 is 20.9 Å². The number of aromatic nitrogens is 3. The molecular weight excluding hydrogens is 316 g/mol. The topological polar surface area (TPSA) is 117 Å². The van der Waals surface area contributed by atoms with Crippen LogP contribution in [0.25, 0.3) is 10.8 Å². The second-order valence-corrected chi connectivity index (χ2v) is 6.32. The van der Waals surface area contributed by atoms with Gasteiger partial charge in [-0.25, -0.2) is 9.97 Å². The van der Waals surface area contributed by atoms with Gasteiger partial charge in [0.1, 0.15) is 11.2 Å². The monoisotopic (exact) mass is 334 g/mol. The summed E-state index contributed by atoms with van der Waals surface area (Å²) in [5, 5.41) is 5.41. The van der Waals surface area contributed by atoms with E-state index in [1.165, 1.54) is 11.3 Å². The molecule has 122 valence electrons. The first kappa shape index (κ1) is 15.6. The Balaban J connectivity index is 1.69. The Kier molecular flexibility index (Phi) is 4.14. The van der Waals surface area contributed by atoms with E-state index in [4.69, 9.17) is 5.73 Å². The van der Waals surface area contributed by atoms with Crippen molar-refractivity contribution in [3.05, 3.63) is 23.5 Å². The summed E-state index contributed by atoms with van der Waals surface area (Å²) in [5.74, 6) is 0.143. The molecule has 2 amide bonds. The fourth-order valence-electron chi connectivity index (χ4n) is 2.74. The molecule has 1 fully saturated rings. The maximum atomic E-state index is 12.6. The summed E-state index contributed by atoms with van der Waals surface area (Å²) in [5.41, 5.74) is 5.15. The minimum atomic E-state index is -0.724. The number of likely N-dealkylation sites (N-methyl/N-ethyl adjacent to an activating group) is 1. The number of hydrogen-bond acceptors (Lipinski definition) is 6. The fraction of sp³-hybridized carbons (Fsp3) is 0.429. The molecule has 0 saturated carbocycles. The van der Waals surface area contributed by atoms with Crippen molar-refractivity contribution in [2.45, 2.75) is 18.4 Å². The standard InChI is InChI=1S/C14H18N6O2S/c1-16-14(13(15)22)2-6-20(7-3-14)12(21)9-8-23-11(19-9)10-17-4-5-18-10/h4-5,8,16H,2-3,6-7H2,1H3,(H2,15,22)(H,17,18). The molecule has 1 saturated heterocycles. The van der Waals surface area contributed by atoms with Gasteiger partial charge in [-0.15, -0.1) is 11.3 Å². The highest BCUT2D eigenvalue weighted by Gasteiger charge is 2.39. The highest BCUT2D eigenvalue weighted by Crippen LogP contribution is 2.25. The second-order valence-electron chi connectivity index (χ2n) is 5.46. The van der Waals surface area contributed by atoms with E-state index in [1.54, 1.807) is 29.7 Å². The van der Waals surface area contributed by atoms with E-state index < -0.39 is 5.54 Å². The van der Waals surface area contributed by atoms with Crippen LogP contribution in [0.4, 0.5) is 0 Å². The van der Waals surface area contributed by atoms with Crippen molar-refractivity contribution in [2.75, 3.05) is 20.1 Å². The van der Waals surface area contributed by atoms with Gasteiger partial charge in [0, 0.05) is 30.9 Å². The molecule has 1 aliphatic rings. The van der Waals surface area contributed by atoms with Crippen molar-refractivity contribution in [2.24, 2.45) is 5.73 Å². The molecule has 2 aromatic heterocycles. The Morgan fingerprint density at radius 2 is 2.17 bits per heavy atom. The average molecular weight is 334 g/mol. The van der Waals surface area contributed by atoms with E-state index >= 15 is 0 Å². The Labute approximate surface area is 137 Å². The van der Waals surface area contributed by atoms with Crippen LogP contribution >= 0.6 is 11.3 Å². The number of imidazole rings is 1. The molecule has 3 rings (SSSR count). The van der Waals surface area contributed by atoms with Gasteiger partial charge in [-0.05, 0) is 19.9 Å². The van der Waals surface area contributed by atoms with Gasteiger partial charge in [0.25, 0.3) is 5.91 Å². The number of nitrogens with two attached hydrogens (primary N) is 1. The Hall–Kier alpha value is -2.26. The number of nitrogens with zero attached hydrogens (tertiary/aromatic N) is 3. The van der Waals surface area contributed by atoms with Crippen molar-refractivity contribution in [3.8, 4) is 10.8 Å². The normalized spacial score (nSPS) is 17.2. The number of hydrogen-bond donors (Lipinski definition) is 3. The van der Waals surface area contributed by atoms with Crippen LogP contribution in [-0.4, -0.2) is 57.3 Å². The smallest absolute Gasteiger partial charge is 0.273 e. The first-order chi connectivity index (χ1) is 11.1. The highest BCUT2D eigenvalue weighted by atomic mass is 32.1. The second kappa shape index (κ2) is 6.09. The van der Waals surface area contributed by atoms with Crippen LogP contribution in [0, 0.1) is 0 Å². The van der Waals surface area contributed by atoms with Gasteiger partial charge in [0.05, 0.1) is 0 Å². The summed E-state index contributed by atoms with van der Waals surface area (Å²) in [4.78, 5) is 37.3. The quantitative estimate of drug-likeness (QED) is 0.739. The number of carbonyl (C=O) groups is 2. The molecule has 0 radical (unpaired) electrons. The zero-order valence-corrected chi connectivity index (χ0v) is 13.5. The lowest BCUT2D eigenvalue weighted by molar-refractivity contribution is -0.125. The van der Waals surface area contributed by atoms with Crippen molar-refractivity contribution in [3.63, 3.8) is 0 Å². The summed E-state index contributed by atoms with van der Waals surface area (Å²) in [6.07, 6.45) is 4.35. The molecule has 0 aliphatic carbocycles.